The zero-order valence-electron chi connectivity index (χ0n) is 16.9. The van der Waals surface area contributed by atoms with Gasteiger partial charge in [-0.3, -0.25) is 9.59 Å². The van der Waals surface area contributed by atoms with E-state index in [1.807, 2.05) is 65.3 Å². The van der Waals surface area contributed by atoms with Crippen LogP contribution >= 0.6 is 11.6 Å². The van der Waals surface area contributed by atoms with Gasteiger partial charge in [0.2, 0.25) is 5.91 Å². The van der Waals surface area contributed by atoms with Gasteiger partial charge >= 0.3 is 0 Å². The number of hydrogen-bond acceptors (Lipinski definition) is 2. The van der Waals surface area contributed by atoms with E-state index in [0.29, 0.717) is 31.2 Å². The Balaban J connectivity index is 1.47. The molecule has 2 aliphatic rings. The average molecular weight is 411 g/mol. The molecule has 2 amide bonds. The van der Waals surface area contributed by atoms with Gasteiger partial charge in [-0.2, -0.15) is 0 Å². The van der Waals surface area contributed by atoms with Gasteiger partial charge in [0.15, 0.2) is 0 Å². The van der Waals surface area contributed by atoms with Crippen LogP contribution in [0, 0.1) is 6.92 Å². The minimum absolute atomic E-state index is 0.0547. The van der Waals surface area contributed by atoms with Gasteiger partial charge in [-0.25, -0.2) is 0 Å². The lowest BCUT2D eigenvalue weighted by Crippen LogP contribution is -2.52. The summed E-state index contributed by atoms with van der Waals surface area (Å²) in [6, 6.07) is 15.4. The number of amides is 2. The third-order valence-electron chi connectivity index (χ3n) is 6.35. The monoisotopic (exact) mass is 410 g/mol. The fourth-order valence-electron chi connectivity index (χ4n) is 4.51. The lowest BCUT2D eigenvalue weighted by atomic mass is 9.63. The second-order valence-electron chi connectivity index (χ2n) is 8.25. The van der Waals surface area contributed by atoms with Crippen LogP contribution in [0.3, 0.4) is 0 Å². The number of halogens is 1. The predicted octanol–water partition coefficient (Wildman–Crippen LogP) is 4.44. The van der Waals surface area contributed by atoms with Gasteiger partial charge in [-0.15, -0.1) is 0 Å². The first kappa shape index (κ1) is 20.0. The molecule has 2 aromatic rings. The molecule has 1 saturated heterocycles. The Morgan fingerprint density at radius 2 is 1.59 bits per heavy atom. The van der Waals surface area contributed by atoms with Gasteiger partial charge in [-0.05, 0) is 56.0 Å². The van der Waals surface area contributed by atoms with Gasteiger partial charge in [0.1, 0.15) is 0 Å². The third kappa shape index (κ3) is 3.91. The SMILES string of the molecule is Cc1cccc(C(=O)N2CCCN(C(=O)C3(c4ccc(Cl)cc4)CCC3)CC2)c1. The van der Waals surface area contributed by atoms with Gasteiger partial charge in [0, 0.05) is 36.8 Å². The molecule has 29 heavy (non-hydrogen) atoms. The van der Waals surface area contributed by atoms with Crippen molar-refractivity contribution in [2.24, 2.45) is 0 Å². The largest absolute Gasteiger partial charge is 0.340 e. The average Bonchev–Trinajstić information content (AvgIpc) is 2.94. The van der Waals surface area contributed by atoms with Crippen molar-refractivity contribution in [1.82, 2.24) is 9.80 Å². The van der Waals surface area contributed by atoms with E-state index in [9.17, 15) is 9.59 Å². The number of nitrogens with zero attached hydrogens (tertiary/aromatic N) is 2. The molecule has 4 nitrogen and oxygen atoms in total. The van der Waals surface area contributed by atoms with Crippen molar-refractivity contribution >= 4 is 23.4 Å². The Hall–Kier alpha value is -2.33. The Kier molecular flexibility index (Phi) is 5.64. The maximum Gasteiger partial charge on any atom is 0.253 e. The quantitative estimate of drug-likeness (QED) is 0.750. The summed E-state index contributed by atoms with van der Waals surface area (Å²) >= 11 is 6.05. The Labute approximate surface area is 177 Å². The van der Waals surface area contributed by atoms with Crippen LogP contribution in [-0.4, -0.2) is 47.8 Å². The molecule has 2 fully saturated rings. The second-order valence-corrected chi connectivity index (χ2v) is 8.69. The highest BCUT2D eigenvalue weighted by Crippen LogP contribution is 2.45. The molecule has 0 unspecified atom stereocenters. The highest BCUT2D eigenvalue weighted by atomic mass is 35.5. The lowest BCUT2D eigenvalue weighted by Gasteiger charge is -2.44. The standard InChI is InChI=1S/C24H27ClN2O2/c1-18-5-2-6-19(17-18)22(28)26-13-4-14-27(16-15-26)23(29)24(11-3-12-24)20-7-9-21(25)10-8-20/h2,5-10,17H,3-4,11-16H2,1H3. The van der Waals surface area contributed by atoms with Crippen LogP contribution in [-0.2, 0) is 10.2 Å². The summed E-state index contributed by atoms with van der Waals surface area (Å²) in [5.74, 6) is 0.259. The van der Waals surface area contributed by atoms with E-state index in [-0.39, 0.29) is 11.8 Å². The summed E-state index contributed by atoms with van der Waals surface area (Å²) in [6.07, 6.45) is 3.64. The van der Waals surface area contributed by atoms with E-state index in [1.165, 1.54) is 0 Å². The molecule has 1 aliphatic heterocycles. The van der Waals surface area contributed by atoms with Gasteiger partial charge in [0.05, 0.1) is 5.41 Å². The molecule has 0 aromatic heterocycles. The summed E-state index contributed by atoms with van der Waals surface area (Å²) in [6.45, 7) is 4.55. The van der Waals surface area contributed by atoms with Gasteiger partial charge in [-0.1, -0.05) is 47.9 Å². The van der Waals surface area contributed by atoms with E-state index >= 15 is 0 Å². The van der Waals surface area contributed by atoms with Crippen molar-refractivity contribution in [1.29, 1.82) is 0 Å². The number of carbonyl (C=O) groups is 2. The summed E-state index contributed by atoms with van der Waals surface area (Å²) < 4.78 is 0. The number of hydrogen-bond donors (Lipinski definition) is 0. The van der Waals surface area contributed by atoms with E-state index in [1.54, 1.807) is 0 Å². The zero-order valence-corrected chi connectivity index (χ0v) is 17.6. The van der Waals surface area contributed by atoms with E-state index in [4.69, 9.17) is 11.6 Å². The Morgan fingerprint density at radius 3 is 2.24 bits per heavy atom. The van der Waals surface area contributed by atoms with E-state index in [2.05, 4.69) is 0 Å². The second kappa shape index (κ2) is 8.19. The predicted molar refractivity (Wildman–Crippen MR) is 115 cm³/mol. The molecule has 0 bridgehead atoms. The number of benzene rings is 2. The van der Waals surface area contributed by atoms with Gasteiger partial charge in [0.25, 0.3) is 5.91 Å². The van der Waals surface area contributed by atoms with Crippen molar-refractivity contribution < 1.29 is 9.59 Å². The minimum Gasteiger partial charge on any atom is -0.340 e. The van der Waals surface area contributed by atoms with Crippen LogP contribution in [0.15, 0.2) is 48.5 Å². The molecule has 152 valence electrons. The lowest BCUT2D eigenvalue weighted by molar-refractivity contribution is -0.140. The van der Waals surface area contributed by atoms with Gasteiger partial charge < -0.3 is 9.80 Å². The summed E-state index contributed by atoms with van der Waals surface area (Å²) in [5, 5.41) is 0.691. The van der Waals surface area contributed by atoms with Crippen molar-refractivity contribution in [2.75, 3.05) is 26.2 Å². The van der Waals surface area contributed by atoms with Crippen LogP contribution in [0.2, 0.25) is 5.02 Å². The minimum atomic E-state index is -0.416. The molecule has 4 rings (SSSR count). The normalized spacial score (nSPS) is 18.7. The van der Waals surface area contributed by atoms with Crippen molar-refractivity contribution in [3.8, 4) is 0 Å². The number of carbonyl (C=O) groups excluding carboxylic acids is 2. The zero-order chi connectivity index (χ0) is 20.4. The third-order valence-corrected chi connectivity index (χ3v) is 6.60. The molecule has 0 atom stereocenters. The topological polar surface area (TPSA) is 40.6 Å². The smallest absolute Gasteiger partial charge is 0.253 e. The Bertz CT molecular complexity index is 905. The molecule has 0 N–H and O–H groups in total. The van der Waals surface area contributed by atoms with E-state index in [0.717, 1.165) is 42.4 Å². The maximum absolute atomic E-state index is 13.5. The van der Waals surface area contributed by atoms with Crippen molar-refractivity contribution in [2.45, 2.75) is 38.0 Å². The first-order valence-corrected chi connectivity index (χ1v) is 10.8. The van der Waals surface area contributed by atoms with Crippen molar-refractivity contribution in [3.05, 3.63) is 70.2 Å². The number of rotatable bonds is 3. The highest BCUT2D eigenvalue weighted by Gasteiger charge is 2.47. The molecular weight excluding hydrogens is 384 g/mol. The first-order chi connectivity index (χ1) is 14.0. The fourth-order valence-corrected chi connectivity index (χ4v) is 4.64. The summed E-state index contributed by atoms with van der Waals surface area (Å²) in [7, 11) is 0. The summed E-state index contributed by atoms with van der Waals surface area (Å²) in [5.41, 5.74) is 2.45. The highest BCUT2D eigenvalue weighted by molar-refractivity contribution is 6.30. The summed E-state index contributed by atoms with van der Waals surface area (Å²) in [4.78, 5) is 30.3. The molecule has 0 spiro atoms. The maximum atomic E-state index is 13.5. The van der Waals surface area contributed by atoms with Crippen LogP contribution in [0.4, 0.5) is 0 Å². The number of aryl methyl sites for hydroxylation is 1. The van der Waals surface area contributed by atoms with E-state index < -0.39 is 5.41 Å². The van der Waals surface area contributed by atoms with Crippen LogP contribution in [0.5, 0.6) is 0 Å². The molecule has 0 radical (unpaired) electrons. The molecule has 1 saturated carbocycles. The molecular formula is C24H27ClN2O2. The van der Waals surface area contributed by atoms with Crippen molar-refractivity contribution in [3.63, 3.8) is 0 Å². The molecule has 5 heteroatoms. The fraction of sp³-hybridized carbons (Fsp3) is 0.417. The Morgan fingerprint density at radius 1 is 0.897 bits per heavy atom. The van der Waals surface area contributed by atoms with Crippen LogP contribution < -0.4 is 0 Å². The first-order valence-electron chi connectivity index (χ1n) is 10.4. The molecule has 1 aliphatic carbocycles. The molecule has 2 aromatic carbocycles. The van der Waals surface area contributed by atoms with Crippen LogP contribution in [0.1, 0.15) is 47.2 Å². The van der Waals surface area contributed by atoms with Crippen LogP contribution in [0.25, 0.3) is 0 Å². The molecule has 1 heterocycles.